The Morgan fingerprint density at radius 1 is 1.14 bits per heavy atom. The number of nitrogens with one attached hydrogen (secondary N) is 3. The fraction of sp³-hybridized carbons (Fsp3) is 0.0435. The van der Waals surface area contributed by atoms with Crippen LogP contribution in [0.4, 0.5) is 33.2 Å². The Kier molecular flexibility index (Phi) is 6.94. The van der Waals surface area contributed by atoms with Crippen LogP contribution in [-0.4, -0.2) is 29.9 Å². The Morgan fingerprint density at radius 2 is 1.91 bits per heavy atom. The van der Waals surface area contributed by atoms with Gasteiger partial charge in [0, 0.05) is 30.7 Å². The Labute approximate surface area is 202 Å². The van der Waals surface area contributed by atoms with Crippen molar-refractivity contribution in [2.45, 2.75) is 4.90 Å². The van der Waals surface area contributed by atoms with Crippen LogP contribution in [0.15, 0.2) is 78.6 Å². The Balaban J connectivity index is 1.74. The van der Waals surface area contributed by atoms with E-state index in [1.54, 1.807) is 54.6 Å². The number of carbonyl (C=O) groups excluding carboxylic acids is 1. The molecular weight excluding hydrogens is 471 g/mol. The predicted octanol–water partition coefficient (Wildman–Crippen LogP) is 3.61. The topological polar surface area (TPSA) is 140 Å². The van der Waals surface area contributed by atoms with Crippen LogP contribution >= 0.6 is 0 Å². The van der Waals surface area contributed by atoms with Crippen molar-refractivity contribution in [1.29, 1.82) is 0 Å². The van der Waals surface area contributed by atoms with E-state index in [2.05, 4.69) is 37.6 Å². The fourth-order valence-corrected chi connectivity index (χ4v) is 3.56. The first-order chi connectivity index (χ1) is 16.8. The van der Waals surface area contributed by atoms with E-state index in [1.807, 2.05) is 0 Å². The zero-order valence-corrected chi connectivity index (χ0v) is 19.3. The number of amides is 1. The minimum Gasteiger partial charge on any atom is -0.337 e. The van der Waals surface area contributed by atoms with E-state index in [4.69, 9.17) is 5.14 Å². The summed E-state index contributed by atoms with van der Waals surface area (Å²) in [6.45, 7) is 3.41. The van der Waals surface area contributed by atoms with Gasteiger partial charge in [0.25, 0.3) is 0 Å². The Bertz CT molecular complexity index is 1420. The number of rotatable bonds is 8. The molecule has 0 aliphatic carbocycles. The van der Waals surface area contributed by atoms with Gasteiger partial charge in [0.1, 0.15) is 22.6 Å². The average Bonchev–Trinajstić information content (AvgIpc) is 3.25. The molecule has 1 atom stereocenters. The maximum absolute atomic E-state index is 14.7. The van der Waals surface area contributed by atoms with Crippen LogP contribution in [-0.2, 0) is 22.8 Å². The highest BCUT2D eigenvalue weighted by atomic mass is 32.2. The normalized spacial score (nSPS) is 11.5. The quantitative estimate of drug-likeness (QED) is 0.276. The molecule has 1 unspecified atom stereocenters. The molecule has 0 radical (unpaired) electrons. The van der Waals surface area contributed by atoms with Crippen molar-refractivity contribution >= 4 is 45.7 Å². The summed E-state index contributed by atoms with van der Waals surface area (Å²) in [4.78, 5) is 21.0. The smallest absolute Gasteiger partial charge is 0.247 e. The second-order valence-electron chi connectivity index (χ2n) is 7.32. The van der Waals surface area contributed by atoms with Gasteiger partial charge in [-0.05, 0) is 42.0 Å². The Hall–Kier alpha value is -4.42. The highest BCUT2D eigenvalue weighted by Gasteiger charge is 2.14. The number of aryl methyl sites for hydroxylation is 1. The summed E-state index contributed by atoms with van der Waals surface area (Å²) in [5.41, 5.74) is 2.36. The highest BCUT2D eigenvalue weighted by molar-refractivity contribution is 7.82. The summed E-state index contributed by atoms with van der Waals surface area (Å²) in [5, 5.41) is 18.2. The molecule has 12 heteroatoms. The monoisotopic (exact) mass is 492 g/mol. The molecule has 2 aromatic carbocycles. The molecule has 0 aliphatic heterocycles. The minimum absolute atomic E-state index is 0.0822. The molecule has 0 spiro atoms. The number of nitrogens with zero attached hydrogens (tertiary/aromatic N) is 4. The number of nitrogens with two attached hydrogens (primary N) is 1. The molecule has 35 heavy (non-hydrogen) atoms. The summed E-state index contributed by atoms with van der Waals surface area (Å²) < 4.78 is 27.9. The van der Waals surface area contributed by atoms with E-state index in [-0.39, 0.29) is 11.6 Å². The summed E-state index contributed by atoms with van der Waals surface area (Å²) in [5.74, 6) is -0.438. The van der Waals surface area contributed by atoms with Gasteiger partial charge in [-0.25, -0.2) is 18.7 Å². The van der Waals surface area contributed by atoms with Crippen molar-refractivity contribution in [2.24, 2.45) is 12.2 Å². The number of hydrogen-bond acceptors (Lipinski definition) is 7. The predicted molar refractivity (Wildman–Crippen MR) is 133 cm³/mol. The first-order valence-electron chi connectivity index (χ1n) is 10.2. The molecular formula is C23H21FN8O2S. The first kappa shape index (κ1) is 23.7. The number of anilines is 5. The van der Waals surface area contributed by atoms with Crippen LogP contribution in [0.25, 0.3) is 11.1 Å². The zero-order chi connectivity index (χ0) is 24.9. The average molecular weight is 493 g/mol. The van der Waals surface area contributed by atoms with Crippen LogP contribution in [0.3, 0.4) is 0 Å². The van der Waals surface area contributed by atoms with Crippen molar-refractivity contribution in [1.82, 2.24) is 19.7 Å². The fourth-order valence-electron chi connectivity index (χ4n) is 3.15. The van der Waals surface area contributed by atoms with Crippen LogP contribution in [0, 0.1) is 5.82 Å². The van der Waals surface area contributed by atoms with Crippen molar-refractivity contribution in [2.75, 3.05) is 16.0 Å². The van der Waals surface area contributed by atoms with E-state index in [0.717, 1.165) is 6.08 Å². The molecule has 0 bridgehead atoms. The van der Waals surface area contributed by atoms with Crippen LogP contribution in [0.5, 0.6) is 0 Å². The molecule has 4 rings (SSSR count). The molecule has 0 saturated heterocycles. The van der Waals surface area contributed by atoms with Gasteiger partial charge in [-0.1, -0.05) is 18.7 Å². The maximum atomic E-state index is 14.7. The van der Waals surface area contributed by atoms with Crippen LogP contribution in [0.2, 0.25) is 0 Å². The van der Waals surface area contributed by atoms with Gasteiger partial charge in [0.2, 0.25) is 11.9 Å². The molecule has 10 nitrogen and oxygen atoms in total. The first-order valence-corrected chi connectivity index (χ1v) is 11.4. The largest absolute Gasteiger partial charge is 0.337 e. The number of benzene rings is 2. The molecule has 1 amide bonds. The summed E-state index contributed by atoms with van der Waals surface area (Å²) in [6.07, 6.45) is 6.06. The van der Waals surface area contributed by atoms with Gasteiger partial charge >= 0.3 is 0 Å². The molecule has 0 fully saturated rings. The third kappa shape index (κ3) is 5.75. The van der Waals surface area contributed by atoms with Crippen molar-refractivity contribution in [3.63, 3.8) is 0 Å². The van der Waals surface area contributed by atoms with Crippen LogP contribution in [0.1, 0.15) is 0 Å². The van der Waals surface area contributed by atoms with Gasteiger partial charge in [0.05, 0.1) is 22.5 Å². The standard InChI is InChI=1S/C23H21FN8O2S/c1-3-21(33)28-15-6-9-19(24)20(10-15)30-22-18(14-4-7-17(8-5-14)35(25)34)12-26-23(31-22)29-16-11-27-32(2)13-16/h3-13H,1,25H2,2H3,(H,28,33)(H2,26,29,30,31). The number of hydrogen-bond donors (Lipinski definition) is 4. The third-order valence-corrected chi connectivity index (χ3v) is 5.56. The summed E-state index contributed by atoms with van der Waals surface area (Å²) in [6, 6.07) is 10.8. The summed E-state index contributed by atoms with van der Waals surface area (Å²) >= 11 is 0. The van der Waals surface area contributed by atoms with Crippen LogP contribution < -0.4 is 21.1 Å². The van der Waals surface area contributed by atoms with E-state index in [9.17, 15) is 13.4 Å². The lowest BCUT2D eigenvalue weighted by Gasteiger charge is -2.14. The number of carbonyl (C=O) groups is 1. The molecule has 4 aromatic rings. The lowest BCUT2D eigenvalue weighted by Crippen LogP contribution is -2.08. The van der Waals surface area contributed by atoms with E-state index in [1.165, 1.54) is 18.2 Å². The highest BCUT2D eigenvalue weighted by Crippen LogP contribution is 2.32. The van der Waals surface area contributed by atoms with Gasteiger partial charge in [0.15, 0.2) is 0 Å². The maximum Gasteiger partial charge on any atom is 0.247 e. The second-order valence-corrected chi connectivity index (χ2v) is 8.38. The molecule has 0 aliphatic rings. The number of halogens is 1. The molecule has 0 saturated carbocycles. The van der Waals surface area contributed by atoms with Crippen molar-refractivity contribution in [3.8, 4) is 11.1 Å². The molecule has 2 aromatic heterocycles. The third-order valence-electron chi connectivity index (χ3n) is 4.82. The van der Waals surface area contributed by atoms with E-state index >= 15 is 0 Å². The van der Waals surface area contributed by atoms with Gasteiger partial charge < -0.3 is 16.0 Å². The van der Waals surface area contributed by atoms with Gasteiger partial charge in [-0.3, -0.25) is 9.48 Å². The van der Waals surface area contributed by atoms with Crippen molar-refractivity contribution < 1.29 is 13.4 Å². The molecule has 178 valence electrons. The lowest BCUT2D eigenvalue weighted by atomic mass is 10.1. The lowest BCUT2D eigenvalue weighted by molar-refractivity contribution is -0.111. The summed E-state index contributed by atoms with van der Waals surface area (Å²) in [7, 11) is 0.156. The second kappa shape index (κ2) is 10.2. The molecule has 5 N–H and O–H groups in total. The van der Waals surface area contributed by atoms with E-state index in [0.29, 0.717) is 33.2 Å². The SMILES string of the molecule is C=CC(=O)Nc1ccc(F)c(Nc2nc(Nc3cnn(C)c3)ncc2-c2ccc(S(N)=O)cc2)c1. The van der Waals surface area contributed by atoms with E-state index < -0.39 is 22.7 Å². The zero-order valence-electron chi connectivity index (χ0n) is 18.5. The number of aromatic nitrogens is 4. The van der Waals surface area contributed by atoms with Gasteiger partial charge in [-0.15, -0.1) is 0 Å². The Morgan fingerprint density at radius 3 is 2.57 bits per heavy atom. The molecule has 2 heterocycles. The van der Waals surface area contributed by atoms with Crippen molar-refractivity contribution in [3.05, 3.63) is 79.5 Å². The minimum atomic E-state index is -1.62. The van der Waals surface area contributed by atoms with Gasteiger partial charge in [-0.2, -0.15) is 10.1 Å².